The monoisotopic (exact) mass is 273 g/mol. The first-order chi connectivity index (χ1) is 9.22. The number of nitrogens with zero attached hydrogens (tertiary/aromatic N) is 4. The van der Waals surface area contributed by atoms with Crippen molar-refractivity contribution in [3.8, 4) is 11.3 Å². The van der Waals surface area contributed by atoms with Crippen LogP contribution in [0.5, 0.6) is 0 Å². The first kappa shape index (κ1) is 12.1. The molecule has 0 unspecified atom stereocenters. The summed E-state index contributed by atoms with van der Waals surface area (Å²) < 4.78 is 1.82. The van der Waals surface area contributed by atoms with E-state index in [9.17, 15) is 0 Å². The van der Waals surface area contributed by atoms with Gasteiger partial charge in [-0.1, -0.05) is 25.2 Å². The molecule has 0 fully saturated rings. The van der Waals surface area contributed by atoms with Gasteiger partial charge in [-0.2, -0.15) is 0 Å². The molecule has 0 radical (unpaired) electrons. The van der Waals surface area contributed by atoms with E-state index in [1.54, 1.807) is 17.5 Å². The number of rotatable bonds is 4. The Labute approximate surface area is 115 Å². The van der Waals surface area contributed by atoms with Crippen LogP contribution in [0.15, 0.2) is 30.7 Å². The van der Waals surface area contributed by atoms with E-state index in [2.05, 4.69) is 34.2 Å². The van der Waals surface area contributed by atoms with Crippen LogP contribution in [0.2, 0.25) is 0 Å². The van der Waals surface area contributed by atoms with Crippen LogP contribution in [-0.2, 0) is 0 Å². The first-order valence-corrected chi connectivity index (χ1v) is 7.04. The Balaban J connectivity index is 1.86. The van der Waals surface area contributed by atoms with E-state index in [1.165, 1.54) is 0 Å². The van der Waals surface area contributed by atoms with E-state index in [4.69, 9.17) is 0 Å². The summed E-state index contributed by atoms with van der Waals surface area (Å²) in [6.45, 7) is 5.27. The topological polar surface area (TPSA) is 55.1 Å². The Morgan fingerprint density at radius 3 is 3.00 bits per heavy atom. The van der Waals surface area contributed by atoms with Gasteiger partial charge in [-0.25, -0.2) is 9.50 Å². The van der Waals surface area contributed by atoms with Crippen LogP contribution in [0.3, 0.4) is 0 Å². The lowest BCUT2D eigenvalue weighted by Crippen LogP contribution is -2.07. The van der Waals surface area contributed by atoms with Crippen LogP contribution in [-0.4, -0.2) is 26.1 Å². The molecule has 0 aromatic carbocycles. The highest BCUT2D eigenvalue weighted by atomic mass is 32.1. The van der Waals surface area contributed by atoms with Crippen LogP contribution >= 0.6 is 11.3 Å². The molecule has 5 nitrogen and oxygen atoms in total. The molecular formula is C13H15N5S. The molecule has 19 heavy (non-hydrogen) atoms. The number of nitrogens with one attached hydrogen (secondary N) is 1. The lowest BCUT2D eigenvalue weighted by Gasteiger charge is -2.03. The lowest BCUT2D eigenvalue weighted by molar-refractivity contribution is 0.687. The van der Waals surface area contributed by atoms with Gasteiger partial charge >= 0.3 is 0 Å². The zero-order valence-electron chi connectivity index (χ0n) is 10.9. The number of pyridine rings is 1. The third kappa shape index (κ3) is 2.58. The fourth-order valence-electron chi connectivity index (χ4n) is 1.72. The van der Waals surface area contributed by atoms with Gasteiger partial charge in [0, 0.05) is 24.5 Å². The standard InChI is InChI=1S/C13H15N5S/c1-9(2)6-15-12-17-18-8-11(16-13(18)19-12)10-4-3-5-14-7-10/h3-5,7-9H,6H2,1-2H3,(H,15,17). The van der Waals surface area contributed by atoms with Gasteiger partial charge in [-0.15, -0.1) is 5.10 Å². The second-order valence-corrected chi connectivity index (χ2v) is 5.73. The minimum atomic E-state index is 0.599. The maximum atomic E-state index is 4.57. The van der Waals surface area contributed by atoms with Crippen molar-refractivity contribution in [3.63, 3.8) is 0 Å². The molecule has 0 saturated heterocycles. The van der Waals surface area contributed by atoms with Crippen molar-refractivity contribution in [3.05, 3.63) is 30.7 Å². The number of aromatic nitrogens is 4. The fourth-order valence-corrected chi connectivity index (χ4v) is 2.50. The van der Waals surface area contributed by atoms with Crippen molar-refractivity contribution < 1.29 is 0 Å². The van der Waals surface area contributed by atoms with Crippen molar-refractivity contribution in [2.24, 2.45) is 5.92 Å². The Hall–Kier alpha value is -1.95. The molecule has 98 valence electrons. The van der Waals surface area contributed by atoms with Gasteiger partial charge in [0.2, 0.25) is 10.1 Å². The number of imidazole rings is 1. The van der Waals surface area contributed by atoms with Crippen LogP contribution < -0.4 is 5.32 Å². The van der Waals surface area contributed by atoms with Crippen molar-refractivity contribution in [1.82, 2.24) is 19.6 Å². The summed E-state index contributed by atoms with van der Waals surface area (Å²) in [7, 11) is 0. The van der Waals surface area contributed by atoms with Gasteiger partial charge in [0.05, 0.1) is 11.9 Å². The fraction of sp³-hybridized carbons (Fsp3) is 0.308. The van der Waals surface area contributed by atoms with Gasteiger partial charge < -0.3 is 5.32 Å². The van der Waals surface area contributed by atoms with E-state index in [1.807, 2.05) is 29.0 Å². The molecule has 6 heteroatoms. The summed E-state index contributed by atoms with van der Waals surface area (Å²) in [6, 6.07) is 3.91. The molecule has 1 N–H and O–H groups in total. The summed E-state index contributed by atoms with van der Waals surface area (Å²) in [5, 5.41) is 8.70. The first-order valence-electron chi connectivity index (χ1n) is 6.23. The Kier molecular flexibility index (Phi) is 3.16. The maximum absolute atomic E-state index is 4.57. The highest BCUT2D eigenvalue weighted by molar-refractivity contribution is 7.20. The smallest absolute Gasteiger partial charge is 0.214 e. The zero-order valence-corrected chi connectivity index (χ0v) is 11.7. The molecule has 0 aliphatic heterocycles. The summed E-state index contributed by atoms with van der Waals surface area (Å²) in [5.41, 5.74) is 1.92. The molecular weight excluding hydrogens is 258 g/mol. The molecule has 0 atom stereocenters. The molecule has 3 aromatic rings. The maximum Gasteiger partial charge on any atom is 0.214 e. The zero-order chi connectivity index (χ0) is 13.2. The van der Waals surface area contributed by atoms with Gasteiger partial charge in [-0.05, 0) is 18.1 Å². The number of anilines is 1. The predicted octanol–water partition coefficient (Wildman–Crippen LogP) is 2.92. The quantitative estimate of drug-likeness (QED) is 0.794. The molecule has 0 amide bonds. The molecule has 0 bridgehead atoms. The van der Waals surface area contributed by atoms with Crippen molar-refractivity contribution in [1.29, 1.82) is 0 Å². The molecule has 3 aromatic heterocycles. The normalized spacial score (nSPS) is 11.3. The highest BCUT2D eigenvalue weighted by Gasteiger charge is 2.09. The average Bonchev–Trinajstić information content (AvgIpc) is 2.95. The van der Waals surface area contributed by atoms with E-state index >= 15 is 0 Å². The Bertz CT molecular complexity index is 639. The molecule has 3 heterocycles. The van der Waals surface area contributed by atoms with E-state index in [0.717, 1.165) is 27.9 Å². The van der Waals surface area contributed by atoms with Crippen molar-refractivity contribution in [2.45, 2.75) is 13.8 Å². The third-order valence-electron chi connectivity index (χ3n) is 2.66. The van der Waals surface area contributed by atoms with Gasteiger partial charge in [-0.3, -0.25) is 4.98 Å². The van der Waals surface area contributed by atoms with Crippen LogP contribution in [0.25, 0.3) is 16.2 Å². The Morgan fingerprint density at radius 2 is 2.32 bits per heavy atom. The second kappa shape index (κ2) is 4.97. The van der Waals surface area contributed by atoms with Gasteiger partial charge in [0.1, 0.15) is 0 Å². The summed E-state index contributed by atoms with van der Waals surface area (Å²) >= 11 is 1.56. The second-order valence-electron chi connectivity index (χ2n) is 4.78. The van der Waals surface area contributed by atoms with E-state index in [-0.39, 0.29) is 0 Å². The minimum absolute atomic E-state index is 0.599. The summed E-state index contributed by atoms with van der Waals surface area (Å²) in [5.74, 6) is 0.599. The van der Waals surface area contributed by atoms with E-state index in [0.29, 0.717) is 5.92 Å². The molecule has 0 aliphatic carbocycles. The SMILES string of the molecule is CC(C)CNc1nn2cc(-c3cccnc3)nc2s1. The number of hydrogen-bond donors (Lipinski definition) is 1. The van der Waals surface area contributed by atoms with E-state index < -0.39 is 0 Å². The number of hydrogen-bond acceptors (Lipinski definition) is 5. The third-order valence-corrected chi connectivity index (χ3v) is 3.54. The Morgan fingerprint density at radius 1 is 1.42 bits per heavy atom. The summed E-state index contributed by atoms with van der Waals surface area (Å²) in [6.07, 6.45) is 5.50. The highest BCUT2D eigenvalue weighted by Crippen LogP contribution is 2.23. The molecule has 0 saturated carbocycles. The van der Waals surface area contributed by atoms with Crippen molar-refractivity contribution in [2.75, 3.05) is 11.9 Å². The summed E-state index contributed by atoms with van der Waals surface area (Å²) in [4.78, 5) is 9.57. The molecule has 3 rings (SSSR count). The van der Waals surface area contributed by atoms with Crippen molar-refractivity contribution >= 4 is 21.4 Å². The van der Waals surface area contributed by atoms with Gasteiger partial charge in [0.15, 0.2) is 0 Å². The largest absolute Gasteiger partial charge is 0.360 e. The molecule has 0 spiro atoms. The lowest BCUT2D eigenvalue weighted by atomic mass is 10.2. The molecule has 0 aliphatic rings. The predicted molar refractivity (Wildman–Crippen MR) is 77.4 cm³/mol. The van der Waals surface area contributed by atoms with Gasteiger partial charge in [0.25, 0.3) is 0 Å². The average molecular weight is 273 g/mol. The van der Waals surface area contributed by atoms with Crippen LogP contribution in [0.1, 0.15) is 13.8 Å². The minimum Gasteiger partial charge on any atom is -0.360 e. The van der Waals surface area contributed by atoms with Crippen LogP contribution in [0, 0.1) is 5.92 Å². The number of fused-ring (bicyclic) bond motifs is 1. The van der Waals surface area contributed by atoms with Crippen LogP contribution in [0.4, 0.5) is 5.13 Å².